The zero-order valence-corrected chi connectivity index (χ0v) is 15.0. The summed E-state index contributed by atoms with van der Waals surface area (Å²) in [4.78, 5) is 32.5. The Kier molecular flexibility index (Phi) is 3.38. The fourth-order valence-corrected chi connectivity index (χ4v) is 4.38. The molecule has 0 bridgehead atoms. The second kappa shape index (κ2) is 5.78. The molecule has 2 aromatic carbocycles. The molecule has 1 N–H and O–H groups in total. The van der Waals surface area contributed by atoms with E-state index in [0.717, 1.165) is 32.9 Å². The van der Waals surface area contributed by atoms with Crippen molar-refractivity contribution in [2.75, 3.05) is 0 Å². The van der Waals surface area contributed by atoms with Crippen molar-refractivity contribution in [1.82, 2.24) is 14.4 Å². The lowest BCUT2D eigenvalue weighted by Crippen LogP contribution is -1.95. The molecule has 0 aliphatic heterocycles. The molecule has 0 fully saturated rings. The number of rotatable bonds is 3. The van der Waals surface area contributed by atoms with Crippen LogP contribution in [0, 0.1) is 6.92 Å². The first kappa shape index (κ1) is 15.8. The van der Waals surface area contributed by atoms with Gasteiger partial charge in [0.1, 0.15) is 11.4 Å². The maximum Gasteiger partial charge on any atom is 0.417 e. The quantitative estimate of drug-likeness (QED) is 0.477. The summed E-state index contributed by atoms with van der Waals surface area (Å²) in [7, 11) is 0. The number of nitrogens with zero attached hydrogens (tertiary/aromatic N) is 2. The standard InChI is InChI=1S/C20H13N3O3S/c1-11-18(13-7-8-14-16(9-13)26-20(25)21-14)23-15(10-24)17(22-19(23)27-11)12-5-3-2-4-6-12/h2-10H,1H3,(H,21,25). The van der Waals surface area contributed by atoms with Crippen molar-refractivity contribution >= 4 is 33.7 Å². The molecule has 0 spiro atoms. The predicted octanol–water partition coefficient (Wildman–Crippen LogP) is 4.29. The zero-order chi connectivity index (χ0) is 18.5. The van der Waals surface area contributed by atoms with Crippen LogP contribution in [0.15, 0.2) is 57.7 Å². The molecule has 0 atom stereocenters. The average molecular weight is 375 g/mol. The Balaban J connectivity index is 1.81. The molecule has 27 heavy (non-hydrogen) atoms. The van der Waals surface area contributed by atoms with E-state index in [1.807, 2.05) is 47.7 Å². The molecule has 0 saturated heterocycles. The van der Waals surface area contributed by atoms with Gasteiger partial charge in [0.25, 0.3) is 0 Å². The molecule has 0 saturated carbocycles. The van der Waals surface area contributed by atoms with Gasteiger partial charge in [-0.25, -0.2) is 9.78 Å². The number of aromatic nitrogens is 3. The molecular weight excluding hydrogens is 362 g/mol. The molecule has 0 aliphatic rings. The summed E-state index contributed by atoms with van der Waals surface area (Å²) in [6.07, 6.45) is 0.840. The average Bonchev–Trinajstić information content (AvgIpc) is 3.31. The molecule has 5 aromatic rings. The smallest absolute Gasteiger partial charge is 0.408 e. The number of hydrogen-bond acceptors (Lipinski definition) is 5. The summed E-state index contributed by atoms with van der Waals surface area (Å²) in [5, 5.41) is 0. The number of fused-ring (bicyclic) bond motifs is 2. The topological polar surface area (TPSA) is 80.4 Å². The van der Waals surface area contributed by atoms with Crippen LogP contribution in [0.25, 0.3) is 38.6 Å². The van der Waals surface area contributed by atoms with E-state index in [9.17, 15) is 9.59 Å². The molecule has 3 heterocycles. The Morgan fingerprint density at radius 1 is 1.15 bits per heavy atom. The van der Waals surface area contributed by atoms with Crippen molar-refractivity contribution in [2.24, 2.45) is 0 Å². The second-order valence-electron chi connectivity index (χ2n) is 6.18. The van der Waals surface area contributed by atoms with Gasteiger partial charge in [-0.15, -0.1) is 11.3 Å². The van der Waals surface area contributed by atoms with Crippen LogP contribution in [-0.2, 0) is 0 Å². The van der Waals surface area contributed by atoms with E-state index >= 15 is 0 Å². The molecular formula is C20H13N3O3S. The highest BCUT2D eigenvalue weighted by Crippen LogP contribution is 2.36. The Hall–Kier alpha value is -3.45. The number of aldehydes is 1. The van der Waals surface area contributed by atoms with Gasteiger partial charge in [0.15, 0.2) is 16.8 Å². The van der Waals surface area contributed by atoms with Crippen LogP contribution in [0.2, 0.25) is 0 Å². The van der Waals surface area contributed by atoms with E-state index in [1.165, 1.54) is 11.3 Å². The van der Waals surface area contributed by atoms with Crippen molar-refractivity contribution < 1.29 is 9.21 Å². The van der Waals surface area contributed by atoms with Gasteiger partial charge in [0, 0.05) is 16.0 Å². The first-order valence-corrected chi connectivity index (χ1v) is 9.13. The van der Waals surface area contributed by atoms with Crippen LogP contribution in [0.3, 0.4) is 0 Å². The Labute approximate surface area is 156 Å². The number of oxazole rings is 1. The van der Waals surface area contributed by atoms with Crippen LogP contribution in [0.4, 0.5) is 0 Å². The van der Waals surface area contributed by atoms with Gasteiger partial charge in [-0.3, -0.25) is 14.2 Å². The van der Waals surface area contributed by atoms with Crippen LogP contribution in [0.5, 0.6) is 0 Å². The second-order valence-corrected chi connectivity index (χ2v) is 7.36. The van der Waals surface area contributed by atoms with E-state index in [1.54, 1.807) is 12.1 Å². The number of thiazole rings is 1. The summed E-state index contributed by atoms with van der Waals surface area (Å²) >= 11 is 1.52. The number of aryl methyl sites for hydroxylation is 1. The highest BCUT2D eigenvalue weighted by molar-refractivity contribution is 7.17. The lowest BCUT2D eigenvalue weighted by Gasteiger charge is -2.04. The SMILES string of the molecule is Cc1sc2nc(-c3ccccc3)c(C=O)n2c1-c1ccc2[nH]c(=O)oc2c1. The molecule has 6 nitrogen and oxygen atoms in total. The van der Waals surface area contributed by atoms with Crippen molar-refractivity contribution in [3.05, 3.63) is 69.7 Å². The van der Waals surface area contributed by atoms with Gasteiger partial charge in [0.05, 0.1) is 11.2 Å². The lowest BCUT2D eigenvalue weighted by molar-refractivity contribution is 0.111. The first-order valence-electron chi connectivity index (χ1n) is 8.31. The summed E-state index contributed by atoms with van der Waals surface area (Å²) < 4.78 is 7.06. The van der Waals surface area contributed by atoms with E-state index < -0.39 is 5.76 Å². The Morgan fingerprint density at radius 3 is 2.74 bits per heavy atom. The van der Waals surface area contributed by atoms with Crippen molar-refractivity contribution in [1.29, 1.82) is 0 Å². The van der Waals surface area contributed by atoms with Gasteiger partial charge in [0.2, 0.25) is 0 Å². The summed E-state index contributed by atoms with van der Waals surface area (Å²) in [6, 6.07) is 15.2. The molecule has 5 rings (SSSR count). The summed E-state index contributed by atoms with van der Waals surface area (Å²) in [6.45, 7) is 1.99. The minimum atomic E-state index is -0.489. The van der Waals surface area contributed by atoms with E-state index in [0.29, 0.717) is 22.5 Å². The summed E-state index contributed by atoms with van der Waals surface area (Å²) in [5.74, 6) is -0.489. The fourth-order valence-electron chi connectivity index (χ4n) is 3.38. The number of imidazole rings is 1. The third-order valence-corrected chi connectivity index (χ3v) is 5.49. The van der Waals surface area contributed by atoms with E-state index in [4.69, 9.17) is 9.40 Å². The number of nitrogens with one attached hydrogen (secondary N) is 1. The maximum absolute atomic E-state index is 12.0. The third-order valence-electron chi connectivity index (χ3n) is 4.54. The lowest BCUT2D eigenvalue weighted by atomic mass is 10.1. The number of carbonyl (C=O) groups excluding carboxylic acids is 1. The zero-order valence-electron chi connectivity index (χ0n) is 14.2. The number of H-pyrrole nitrogens is 1. The van der Waals surface area contributed by atoms with Gasteiger partial charge >= 0.3 is 5.76 Å². The van der Waals surface area contributed by atoms with E-state index in [-0.39, 0.29) is 0 Å². The molecule has 7 heteroatoms. The normalized spacial score (nSPS) is 11.4. The molecule has 0 aliphatic carbocycles. The Morgan fingerprint density at radius 2 is 1.96 bits per heavy atom. The van der Waals surface area contributed by atoms with Crippen molar-refractivity contribution in [2.45, 2.75) is 6.92 Å². The summed E-state index contributed by atoms with van der Waals surface area (Å²) in [5.41, 5.74) is 4.91. The molecule has 0 amide bonds. The van der Waals surface area contributed by atoms with Crippen LogP contribution in [-0.4, -0.2) is 20.7 Å². The Bertz CT molecular complexity index is 1370. The highest BCUT2D eigenvalue weighted by Gasteiger charge is 2.21. The predicted molar refractivity (Wildman–Crippen MR) is 104 cm³/mol. The van der Waals surface area contributed by atoms with Gasteiger partial charge < -0.3 is 4.42 Å². The number of carbonyl (C=O) groups is 1. The van der Waals surface area contributed by atoms with E-state index in [2.05, 4.69) is 4.98 Å². The third kappa shape index (κ3) is 2.36. The first-order chi connectivity index (χ1) is 13.2. The largest absolute Gasteiger partial charge is 0.417 e. The van der Waals surface area contributed by atoms with Gasteiger partial charge in [-0.05, 0) is 19.1 Å². The number of hydrogen-bond donors (Lipinski definition) is 1. The molecule has 0 radical (unpaired) electrons. The molecule has 132 valence electrons. The number of aromatic amines is 1. The van der Waals surface area contributed by atoms with Crippen LogP contribution in [0.1, 0.15) is 15.4 Å². The highest BCUT2D eigenvalue weighted by atomic mass is 32.1. The minimum Gasteiger partial charge on any atom is -0.408 e. The molecule has 0 unspecified atom stereocenters. The van der Waals surface area contributed by atoms with Crippen molar-refractivity contribution in [3.63, 3.8) is 0 Å². The van der Waals surface area contributed by atoms with Crippen molar-refractivity contribution in [3.8, 4) is 22.5 Å². The van der Waals surface area contributed by atoms with Gasteiger partial charge in [-0.2, -0.15) is 0 Å². The monoisotopic (exact) mass is 375 g/mol. The fraction of sp³-hybridized carbons (Fsp3) is 0.0500. The van der Waals surface area contributed by atoms with Gasteiger partial charge in [-0.1, -0.05) is 36.4 Å². The molecule has 3 aromatic heterocycles. The van der Waals surface area contributed by atoms with Crippen LogP contribution >= 0.6 is 11.3 Å². The number of benzene rings is 2. The maximum atomic E-state index is 12.0. The van der Waals surface area contributed by atoms with Crippen LogP contribution < -0.4 is 5.76 Å². The minimum absolute atomic E-state index is 0.479.